The van der Waals surface area contributed by atoms with Gasteiger partial charge in [0.25, 0.3) is 0 Å². The number of benzene rings is 1. The lowest BCUT2D eigenvalue weighted by atomic mass is 10.2. The molecule has 19 heavy (non-hydrogen) atoms. The molecule has 0 aliphatic rings. The van der Waals surface area contributed by atoms with Crippen LogP contribution in [-0.4, -0.2) is 37.8 Å². The van der Waals surface area contributed by atoms with Gasteiger partial charge in [-0.15, -0.1) is 13.2 Å². The lowest BCUT2D eigenvalue weighted by molar-refractivity contribution is -0.325. The summed E-state index contributed by atoms with van der Waals surface area (Å²) in [4.78, 5) is 10.9. The third-order valence-corrected chi connectivity index (χ3v) is 2.03. The fourth-order valence-electron chi connectivity index (χ4n) is 1.23. The molecule has 0 saturated carbocycles. The predicted octanol–water partition coefficient (Wildman–Crippen LogP) is 2.31. The van der Waals surface area contributed by atoms with Crippen LogP contribution in [0.3, 0.4) is 0 Å². The monoisotopic (exact) mass is 280 g/mol. The van der Waals surface area contributed by atoms with Crippen molar-refractivity contribution in [3.8, 4) is 11.5 Å². The highest BCUT2D eigenvalue weighted by molar-refractivity contribution is 5.91. The van der Waals surface area contributed by atoms with Crippen molar-refractivity contribution in [1.29, 1.82) is 0 Å². The standard InChI is InChI=1S/C11H11F3O5/c1-17-7-2-3-8(10(15)16)9(6-7)18-4-5-19-11(12,13)14/h2-3,6H,4-5H2,1H3,(H,15,16). The number of rotatable bonds is 6. The number of hydrogen-bond donors (Lipinski definition) is 1. The number of hydrogen-bond acceptors (Lipinski definition) is 4. The summed E-state index contributed by atoms with van der Waals surface area (Å²) < 4.78 is 48.5. The van der Waals surface area contributed by atoms with Crippen LogP contribution in [-0.2, 0) is 4.74 Å². The molecule has 0 amide bonds. The summed E-state index contributed by atoms with van der Waals surface area (Å²) in [7, 11) is 1.37. The Morgan fingerprint density at radius 1 is 1.32 bits per heavy atom. The minimum atomic E-state index is -4.74. The van der Waals surface area contributed by atoms with Gasteiger partial charge in [0.2, 0.25) is 0 Å². The first-order chi connectivity index (χ1) is 8.83. The number of alkyl halides is 3. The van der Waals surface area contributed by atoms with E-state index in [2.05, 4.69) is 4.74 Å². The molecule has 106 valence electrons. The van der Waals surface area contributed by atoms with E-state index in [1.165, 1.54) is 25.3 Å². The number of methoxy groups -OCH3 is 1. The lowest BCUT2D eigenvalue weighted by Gasteiger charge is -2.11. The maximum atomic E-state index is 11.7. The molecule has 0 aliphatic heterocycles. The summed E-state index contributed by atoms with van der Waals surface area (Å²) in [5, 5.41) is 8.88. The van der Waals surface area contributed by atoms with Gasteiger partial charge < -0.3 is 14.6 Å². The van der Waals surface area contributed by atoms with Crippen LogP contribution in [0.15, 0.2) is 18.2 Å². The minimum absolute atomic E-state index is 0.0855. The van der Waals surface area contributed by atoms with Crippen LogP contribution in [0, 0.1) is 0 Å². The number of ether oxygens (including phenoxy) is 3. The van der Waals surface area contributed by atoms with Crippen LogP contribution in [0.1, 0.15) is 10.4 Å². The van der Waals surface area contributed by atoms with E-state index in [1.54, 1.807) is 0 Å². The number of carbonyl (C=O) groups is 1. The summed E-state index contributed by atoms with van der Waals surface area (Å²) in [6.07, 6.45) is -4.74. The Hall–Kier alpha value is -1.96. The van der Waals surface area contributed by atoms with Gasteiger partial charge in [0.05, 0.1) is 13.7 Å². The van der Waals surface area contributed by atoms with Crippen molar-refractivity contribution in [2.75, 3.05) is 20.3 Å². The molecule has 1 rings (SSSR count). The first-order valence-corrected chi connectivity index (χ1v) is 5.08. The van der Waals surface area contributed by atoms with Crippen LogP contribution in [0.5, 0.6) is 11.5 Å². The van der Waals surface area contributed by atoms with E-state index in [0.717, 1.165) is 0 Å². The maximum Gasteiger partial charge on any atom is 0.522 e. The first kappa shape index (κ1) is 15.1. The highest BCUT2D eigenvalue weighted by atomic mass is 19.4. The quantitative estimate of drug-likeness (QED) is 0.810. The highest BCUT2D eigenvalue weighted by Crippen LogP contribution is 2.25. The molecule has 1 aromatic rings. The fourth-order valence-corrected chi connectivity index (χ4v) is 1.23. The molecule has 1 aromatic carbocycles. The third-order valence-electron chi connectivity index (χ3n) is 2.03. The van der Waals surface area contributed by atoms with Gasteiger partial charge in [-0.1, -0.05) is 0 Å². The zero-order valence-electron chi connectivity index (χ0n) is 9.86. The van der Waals surface area contributed by atoms with Gasteiger partial charge >= 0.3 is 12.3 Å². The summed E-state index contributed by atoms with van der Waals surface area (Å²) in [6.45, 7) is -1.17. The molecule has 0 saturated heterocycles. The number of aromatic carboxylic acids is 1. The van der Waals surface area contributed by atoms with Crippen LogP contribution in [0.4, 0.5) is 13.2 Å². The topological polar surface area (TPSA) is 65.0 Å². The summed E-state index contributed by atoms with van der Waals surface area (Å²) in [6, 6.07) is 3.92. The zero-order chi connectivity index (χ0) is 14.5. The molecule has 5 nitrogen and oxygen atoms in total. The minimum Gasteiger partial charge on any atom is -0.497 e. The molecule has 1 N–H and O–H groups in total. The Bertz CT molecular complexity index is 444. The molecule has 0 heterocycles. The van der Waals surface area contributed by atoms with Crippen LogP contribution < -0.4 is 9.47 Å². The predicted molar refractivity (Wildman–Crippen MR) is 57.5 cm³/mol. The highest BCUT2D eigenvalue weighted by Gasteiger charge is 2.28. The van der Waals surface area contributed by atoms with E-state index in [1.807, 2.05) is 0 Å². The van der Waals surface area contributed by atoms with Crippen molar-refractivity contribution in [2.24, 2.45) is 0 Å². The Morgan fingerprint density at radius 3 is 2.53 bits per heavy atom. The Labute approximate surface area is 106 Å². The molecule has 8 heteroatoms. The second-order valence-corrected chi connectivity index (χ2v) is 3.31. The Balaban J connectivity index is 2.67. The average molecular weight is 280 g/mol. The van der Waals surface area contributed by atoms with Gasteiger partial charge in [0.15, 0.2) is 0 Å². The van der Waals surface area contributed by atoms with Gasteiger partial charge in [0, 0.05) is 6.07 Å². The van der Waals surface area contributed by atoms with E-state index in [4.69, 9.17) is 14.6 Å². The zero-order valence-corrected chi connectivity index (χ0v) is 9.86. The van der Waals surface area contributed by atoms with Crippen molar-refractivity contribution in [1.82, 2.24) is 0 Å². The van der Waals surface area contributed by atoms with Gasteiger partial charge in [0.1, 0.15) is 23.7 Å². The smallest absolute Gasteiger partial charge is 0.497 e. The fraction of sp³-hybridized carbons (Fsp3) is 0.364. The van der Waals surface area contributed by atoms with Gasteiger partial charge in [-0.25, -0.2) is 4.79 Å². The molecule has 0 atom stereocenters. The molecule has 0 radical (unpaired) electrons. The largest absolute Gasteiger partial charge is 0.522 e. The first-order valence-electron chi connectivity index (χ1n) is 5.08. The van der Waals surface area contributed by atoms with Crippen LogP contribution in [0.2, 0.25) is 0 Å². The summed E-state index contributed by atoms with van der Waals surface area (Å²) in [5.41, 5.74) is -0.173. The van der Waals surface area contributed by atoms with Crippen molar-refractivity contribution in [2.45, 2.75) is 6.36 Å². The number of carboxylic acid groups (broad SMARTS) is 1. The maximum absolute atomic E-state index is 11.7. The molecule has 0 unspecified atom stereocenters. The van der Waals surface area contributed by atoms with E-state index < -0.39 is 25.5 Å². The van der Waals surface area contributed by atoms with Crippen LogP contribution >= 0.6 is 0 Å². The van der Waals surface area contributed by atoms with Crippen molar-refractivity contribution < 1.29 is 37.3 Å². The normalized spacial score (nSPS) is 11.2. The molecule has 0 fully saturated rings. The second kappa shape index (κ2) is 6.28. The van der Waals surface area contributed by atoms with Gasteiger partial charge in [-0.05, 0) is 12.1 Å². The van der Waals surface area contributed by atoms with Gasteiger partial charge in [-0.3, -0.25) is 4.74 Å². The summed E-state index contributed by atoms with van der Waals surface area (Å²) >= 11 is 0. The average Bonchev–Trinajstić information content (AvgIpc) is 2.33. The van der Waals surface area contributed by atoms with E-state index in [9.17, 15) is 18.0 Å². The van der Waals surface area contributed by atoms with Crippen molar-refractivity contribution in [3.63, 3.8) is 0 Å². The number of halogens is 3. The molecular weight excluding hydrogens is 269 g/mol. The number of carboxylic acids is 1. The second-order valence-electron chi connectivity index (χ2n) is 3.31. The molecular formula is C11H11F3O5. The molecule has 0 aromatic heterocycles. The third kappa shape index (κ3) is 5.04. The Morgan fingerprint density at radius 2 is 2.00 bits per heavy atom. The van der Waals surface area contributed by atoms with E-state index in [0.29, 0.717) is 5.75 Å². The molecule has 0 aliphatic carbocycles. The molecule has 0 bridgehead atoms. The van der Waals surface area contributed by atoms with Crippen molar-refractivity contribution >= 4 is 5.97 Å². The Kier molecular flexibility index (Phi) is 4.99. The van der Waals surface area contributed by atoms with Crippen LogP contribution in [0.25, 0.3) is 0 Å². The lowest BCUT2D eigenvalue weighted by Crippen LogP contribution is -2.18. The SMILES string of the molecule is COc1ccc(C(=O)O)c(OCCOC(F)(F)F)c1. The van der Waals surface area contributed by atoms with Crippen molar-refractivity contribution in [3.05, 3.63) is 23.8 Å². The molecule has 0 spiro atoms. The van der Waals surface area contributed by atoms with Gasteiger partial charge in [-0.2, -0.15) is 0 Å². The van der Waals surface area contributed by atoms with E-state index in [-0.39, 0.29) is 11.3 Å². The van der Waals surface area contributed by atoms with E-state index >= 15 is 0 Å². The summed E-state index contributed by atoms with van der Waals surface area (Å²) in [5.74, 6) is -1.01.